The summed E-state index contributed by atoms with van der Waals surface area (Å²) in [6, 6.07) is -1.37. The Bertz CT molecular complexity index is 804. The Labute approximate surface area is 249 Å². The molecule has 2 heterocycles. The lowest BCUT2D eigenvalue weighted by molar-refractivity contribution is -0.149. The molecule has 2 fully saturated rings. The smallest absolute Gasteiger partial charge is 0.326 e. The Morgan fingerprint density at radius 3 is 1.74 bits per heavy atom. The molecular formula is C27H46N2O6S4. The van der Waals surface area contributed by atoms with E-state index in [0.29, 0.717) is 42.7 Å². The molecule has 5 unspecified atom stereocenters. The first-order valence-electron chi connectivity index (χ1n) is 14.3. The first kappa shape index (κ1) is 34.5. The van der Waals surface area contributed by atoms with E-state index in [1.165, 1.54) is 37.0 Å². The van der Waals surface area contributed by atoms with Crippen LogP contribution in [0.4, 0.5) is 0 Å². The van der Waals surface area contributed by atoms with E-state index in [9.17, 15) is 29.4 Å². The van der Waals surface area contributed by atoms with Gasteiger partial charge in [0.05, 0.1) is 0 Å². The molecule has 5 atom stereocenters. The molecule has 0 aromatic rings. The minimum atomic E-state index is -0.912. The number of likely N-dealkylation sites (tertiary alicyclic amines) is 2. The highest BCUT2D eigenvalue weighted by atomic mass is 33.1. The van der Waals surface area contributed by atoms with Crippen LogP contribution in [-0.4, -0.2) is 91.4 Å². The SMILES string of the molecule is CCCCCCCC(CSSCC(C)C(=O)N1CCCC1C(=O)O)SSCC(C)C(=O)N1CCCC1C(=O)O. The van der Waals surface area contributed by atoms with Gasteiger partial charge in [0, 0.05) is 47.4 Å². The van der Waals surface area contributed by atoms with E-state index in [2.05, 4.69) is 6.92 Å². The maximum atomic E-state index is 12.9. The van der Waals surface area contributed by atoms with Crippen molar-refractivity contribution in [3.05, 3.63) is 0 Å². The summed E-state index contributed by atoms with van der Waals surface area (Å²) in [4.78, 5) is 51.6. The Morgan fingerprint density at radius 1 is 0.744 bits per heavy atom. The summed E-state index contributed by atoms with van der Waals surface area (Å²) in [5.74, 6) is -0.139. The number of amides is 2. The number of nitrogens with zero attached hydrogens (tertiary/aromatic N) is 2. The predicted molar refractivity (Wildman–Crippen MR) is 165 cm³/mol. The zero-order valence-corrected chi connectivity index (χ0v) is 26.8. The lowest BCUT2D eigenvalue weighted by atomic mass is 10.1. The number of hydrogen-bond donors (Lipinski definition) is 2. The van der Waals surface area contributed by atoms with Crippen molar-refractivity contribution >= 4 is 66.9 Å². The second-order valence-electron chi connectivity index (χ2n) is 10.6. The molecule has 0 saturated carbocycles. The maximum absolute atomic E-state index is 12.9. The predicted octanol–water partition coefficient (Wildman–Crippen LogP) is 5.90. The molecule has 2 rings (SSSR count). The highest BCUT2D eigenvalue weighted by Gasteiger charge is 2.37. The van der Waals surface area contributed by atoms with E-state index in [1.54, 1.807) is 37.3 Å². The Morgan fingerprint density at radius 2 is 1.23 bits per heavy atom. The van der Waals surface area contributed by atoms with Crippen molar-refractivity contribution in [2.45, 2.75) is 102 Å². The van der Waals surface area contributed by atoms with Gasteiger partial charge in [-0.15, -0.1) is 0 Å². The van der Waals surface area contributed by atoms with Crippen LogP contribution in [-0.2, 0) is 19.2 Å². The maximum Gasteiger partial charge on any atom is 0.326 e. The Hall–Kier alpha value is -0.720. The number of unbranched alkanes of at least 4 members (excludes halogenated alkanes) is 4. The molecule has 8 nitrogen and oxygen atoms in total. The molecule has 2 N–H and O–H groups in total. The van der Waals surface area contributed by atoms with E-state index < -0.39 is 24.0 Å². The highest BCUT2D eigenvalue weighted by molar-refractivity contribution is 8.78. The minimum absolute atomic E-state index is 0.0594. The monoisotopic (exact) mass is 622 g/mol. The molecule has 0 bridgehead atoms. The van der Waals surface area contributed by atoms with Gasteiger partial charge in [0.15, 0.2) is 0 Å². The average molecular weight is 623 g/mol. The van der Waals surface area contributed by atoms with Crippen LogP contribution >= 0.6 is 43.2 Å². The summed E-state index contributed by atoms with van der Waals surface area (Å²) in [6.07, 6.45) is 9.79. The number of rotatable bonds is 19. The molecule has 0 spiro atoms. The number of carboxylic acid groups (broad SMARTS) is 2. The van der Waals surface area contributed by atoms with Crippen LogP contribution in [0.2, 0.25) is 0 Å². The Balaban J connectivity index is 1.77. The van der Waals surface area contributed by atoms with Crippen LogP contribution in [0.15, 0.2) is 0 Å². The van der Waals surface area contributed by atoms with Crippen molar-refractivity contribution in [1.29, 1.82) is 0 Å². The van der Waals surface area contributed by atoms with Crippen molar-refractivity contribution < 1.29 is 29.4 Å². The average Bonchev–Trinajstić information content (AvgIpc) is 3.60. The zero-order valence-electron chi connectivity index (χ0n) is 23.5. The van der Waals surface area contributed by atoms with Crippen molar-refractivity contribution in [2.75, 3.05) is 30.3 Å². The molecular weight excluding hydrogens is 577 g/mol. The van der Waals surface area contributed by atoms with Gasteiger partial charge in [0.1, 0.15) is 12.1 Å². The number of carbonyl (C=O) groups is 4. The van der Waals surface area contributed by atoms with Crippen LogP contribution in [0, 0.1) is 11.8 Å². The fraction of sp³-hybridized carbons (Fsp3) is 0.852. The summed E-state index contributed by atoms with van der Waals surface area (Å²) in [7, 11) is 6.98. The van der Waals surface area contributed by atoms with E-state index in [1.807, 2.05) is 24.6 Å². The quantitative estimate of drug-likeness (QED) is 0.133. The van der Waals surface area contributed by atoms with Crippen LogP contribution < -0.4 is 0 Å². The van der Waals surface area contributed by atoms with Crippen molar-refractivity contribution in [3.63, 3.8) is 0 Å². The van der Waals surface area contributed by atoms with Crippen molar-refractivity contribution in [3.8, 4) is 0 Å². The topological polar surface area (TPSA) is 115 Å². The van der Waals surface area contributed by atoms with Gasteiger partial charge in [-0.2, -0.15) is 0 Å². The molecule has 0 aliphatic carbocycles. The molecule has 2 aliphatic rings. The van der Waals surface area contributed by atoms with E-state index in [-0.39, 0.29) is 23.7 Å². The zero-order chi connectivity index (χ0) is 28.8. The van der Waals surface area contributed by atoms with E-state index >= 15 is 0 Å². The molecule has 0 aromatic heterocycles. The fourth-order valence-corrected chi connectivity index (χ4v) is 11.2. The number of aliphatic carboxylic acids is 2. The second-order valence-corrected chi connectivity index (χ2v) is 15.9. The lowest BCUT2D eigenvalue weighted by Crippen LogP contribution is -2.43. The van der Waals surface area contributed by atoms with E-state index in [4.69, 9.17) is 0 Å². The number of hydrogen-bond acceptors (Lipinski definition) is 8. The van der Waals surface area contributed by atoms with Gasteiger partial charge < -0.3 is 20.0 Å². The molecule has 0 aromatic carbocycles. The largest absolute Gasteiger partial charge is 0.480 e. The Kier molecular flexibility index (Phi) is 16.5. The molecule has 2 saturated heterocycles. The summed E-state index contributed by atoms with van der Waals surface area (Å²) >= 11 is 0. The van der Waals surface area contributed by atoms with Crippen LogP contribution in [0.25, 0.3) is 0 Å². The van der Waals surface area contributed by atoms with Crippen LogP contribution in [0.3, 0.4) is 0 Å². The van der Waals surface area contributed by atoms with E-state index in [0.717, 1.165) is 25.0 Å². The normalized spacial score (nSPS) is 21.6. The fourth-order valence-electron chi connectivity index (χ4n) is 4.93. The van der Waals surface area contributed by atoms with Crippen molar-refractivity contribution in [2.24, 2.45) is 11.8 Å². The highest BCUT2D eigenvalue weighted by Crippen LogP contribution is 2.37. The van der Waals surface area contributed by atoms with Gasteiger partial charge in [0.2, 0.25) is 11.8 Å². The van der Waals surface area contributed by atoms with Crippen LogP contribution in [0.1, 0.15) is 85.0 Å². The third-order valence-corrected chi connectivity index (χ3v) is 13.2. The first-order valence-corrected chi connectivity index (χ1v) is 19.1. The molecule has 224 valence electrons. The van der Waals surface area contributed by atoms with Gasteiger partial charge >= 0.3 is 11.9 Å². The molecule has 12 heteroatoms. The third-order valence-electron chi connectivity index (χ3n) is 7.29. The lowest BCUT2D eigenvalue weighted by Gasteiger charge is -2.25. The summed E-state index contributed by atoms with van der Waals surface area (Å²) in [5.41, 5.74) is 0. The van der Waals surface area contributed by atoms with Gasteiger partial charge in [-0.25, -0.2) is 9.59 Å². The van der Waals surface area contributed by atoms with Gasteiger partial charge in [-0.05, 0) is 32.1 Å². The molecule has 39 heavy (non-hydrogen) atoms. The molecule has 2 amide bonds. The standard InChI is InChI=1S/C27H46N2O6S4/c1-4-5-6-7-8-11-21(39-38-17-20(3)25(31)29-15-10-13-23(29)27(34)35)18-37-36-16-19(2)24(30)28-14-9-12-22(28)26(32)33/h19-23H,4-18H2,1-3H3,(H,32,33)(H,34,35). The van der Waals surface area contributed by atoms with Crippen molar-refractivity contribution in [1.82, 2.24) is 9.80 Å². The third kappa shape index (κ3) is 11.6. The summed E-state index contributed by atoms with van der Waals surface area (Å²) < 4.78 is 0. The van der Waals surface area contributed by atoms with Crippen LogP contribution in [0.5, 0.6) is 0 Å². The van der Waals surface area contributed by atoms with Gasteiger partial charge in [0.25, 0.3) is 0 Å². The first-order chi connectivity index (χ1) is 18.7. The second kappa shape index (κ2) is 18.7. The molecule has 0 radical (unpaired) electrons. The van der Waals surface area contributed by atoms with Gasteiger partial charge in [-0.1, -0.05) is 96.1 Å². The summed E-state index contributed by atoms with van der Waals surface area (Å²) in [6.45, 7) is 7.05. The minimum Gasteiger partial charge on any atom is -0.480 e. The van der Waals surface area contributed by atoms with Gasteiger partial charge in [-0.3, -0.25) is 9.59 Å². The number of carbonyl (C=O) groups excluding carboxylic acids is 2. The number of carboxylic acids is 2. The molecule has 2 aliphatic heterocycles. The summed E-state index contributed by atoms with van der Waals surface area (Å²) in [5, 5.41) is 19.2.